The van der Waals surface area contributed by atoms with Gasteiger partial charge >= 0.3 is 0 Å². The average molecular weight is 356 g/mol. The summed E-state index contributed by atoms with van der Waals surface area (Å²) in [4.78, 5) is 6.44. The van der Waals surface area contributed by atoms with Gasteiger partial charge in [0.05, 0.1) is 12.7 Å². The van der Waals surface area contributed by atoms with E-state index in [1.807, 2.05) is 0 Å². The van der Waals surface area contributed by atoms with E-state index in [4.69, 9.17) is 4.74 Å². The molecule has 0 amide bonds. The Hall–Kier alpha value is -0.0800. The second kappa shape index (κ2) is 8.93. The molecule has 0 bridgehead atoms. The molecule has 1 aliphatic heterocycles. The monoisotopic (exact) mass is 356 g/mol. The Morgan fingerprint density at radius 1 is 1.53 bits per heavy atom. The van der Waals surface area contributed by atoms with E-state index in [0.29, 0.717) is 6.04 Å². The Morgan fingerprint density at radius 2 is 2.24 bits per heavy atom. The first-order valence-corrected chi connectivity index (χ1v) is 5.89. The molecule has 1 unspecified atom stereocenters. The molecule has 6 heteroatoms. The molecule has 1 fully saturated rings. The second-order valence-corrected chi connectivity index (χ2v) is 4.51. The molecule has 2 N–H and O–H groups in total. The van der Waals surface area contributed by atoms with Crippen LogP contribution in [0.3, 0.4) is 0 Å². The number of halogens is 1. The van der Waals surface area contributed by atoms with Crippen molar-refractivity contribution in [2.45, 2.75) is 26.0 Å². The number of ether oxygens (including phenoxy) is 1. The van der Waals surface area contributed by atoms with Crippen LogP contribution in [-0.2, 0) is 4.74 Å². The van der Waals surface area contributed by atoms with E-state index in [-0.39, 0.29) is 30.1 Å². The van der Waals surface area contributed by atoms with Gasteiger partial charge in [-0.3, -0.25) is 4.99 Å². The van der Waals surface area contributed by atoms with Gasteiger partial charge < -0.3 is 20.3 Å². The van der Waals surface area contributed by atoms with Crippen LogP contribution in [0.1, 0.15) is 13.8 Å². The van der Waals surface area contributed by atoms with Crippen LogP contribution in [0.15, 0.2) is 4.99 Å². The predicted molar refractivity (Wildman–Crippen MR) is 82.3 cm³/mol. The molecule has 1 aliphatic rings. The summed E-state index contributed by atoms with van der Waals surface area (Å²) in [6.07, 6.45) is 0.254. The highest BCUT2D eigenvalue weighted by molar-refractivity contribution is 14.0. The molecule has 1 heterocycles. The molecular weight excluding hydrogens is 331 g/mol. The number of guanidine groups is 1. The summed E-state index contributed by atoms with van der Waals surface area (Å²) in [5, 5.41) is 6.53. The molecule has 0 saturated carbocycles. The van der Waals surface area contributed by atoms with Crippen molar-refractivity contribution < 1.29 is 4.74 Å². The number of nitrogens with zero attached hydrogens (tertiary/aromatic N) is 2. The minimum absolute atomic E-state index is 0. The third-order valence-electron chi connectivity index (χ3n) is 2.49. The van der Waals surface area contributed by atoms with Crippen LogP contribution in [0.25, 0.3) is 0 Å². The van der Waals surface area contributed by atoms with Crippen molar-refractivity contribution in [3.8, 4) is 0 Å². The van der Waals surface area contributed by atoms with Crippen LogP contribution in [0, 0.1) is 0 Å². The minimum Gasteiger partial charge on any atom is -0.374 e. The van der Waals surface area contributed by atoms with Gasteiger partial charge in [0.2, 0.25) is 0 Å². The largest absolute Gasteiger partial charge is 0.374 e. The van der Waals surface area contributed by atoms with Gasteiger partial charge in [0.1, 0.15) is 0 Å². The van der Waals surface area contributed by atoms with E-state index >= 15 is 0 Å². The van der Waals surface area contributed by atoms with E-state index in [9.17, 15) is 0 Å². The summed E-state index contributed by atoms with van der Waals surface area (Å²) < 4.78 is 5.66. The lowest BCUT2D eigenvalue weighted by atomic mass is 10.3. The summed E-state index contributed by atoms with van der Waals surface area (Å²) >= 11 is 0. The van der Waals surface area contributed by atoms with Crippen molar-refractivity contribution in [3.05, 3.63) is 0 Å². The van der Waals surface area contributed by atoms with Gasteiger partial charge in [0, 0.05) is 32.7 Å². The molecule has 0 aromatic heterocycles. The zero-order chi connectivity index (χ0) is 12.0. The van der Waals surface area contributed by atoms with E-state index in [1.54, 1.807) is 7.05 Å². The van der Waals surface area contributed by atoms with E-state index < -0.39 is 0 Å². The van der Waals surface area contributed by atoms with Gasteiger partial charge in [-0.15, -0.1) is 24.0 Å². The normalized spacial score (nSPS) is 22.2. The van der Waals surface area contributed by atoms with Gasteiger partial charge in [-0.1, -0.05) is 0 Å². The topological polar surface area (TPSA) is 48.9 Å². The predicted octanol–water partition coefficient (Wildman–Crippen LogP) is 0.508. The van der Waals surface area contributed by atoms with Gasteiger partial charge in [0.15, 0.2) is 5.96 Å². The first kappa shape index (κ1) is 16.9. The summed E-state index contributed by atoms with van der Waals surface area (Å²) in [5.41, 5.74) is 0. The van der Waals surface area contributed by atoms with Crippen LogP contribution >= 0.6 is 24.0 Å². The highest BCUT2D eigenvalue weighted by Gasteiger charge is 2.17. The molecule has 102 valence electrons. The van der Waals surface area contributed by atoms with Crippen molar-refractivity contribution >= 4 is 29.9 Å². The lowest BCUT2D eigenvalue weighted by Gasteiger charge is -2.30. The van der Waals surface area contributed by atoms with Crippen LogP contribution in [0.4, 0.5) is 0 Å². The van der Waals surface area contributed by atoms with Gasteiger partial charge in [0.25, 0.3) is 0 Å². The number of likely N-dealkylation sites (N-methyl/N-ethyl adjacent to an activating group) is 1. The summed E-state index contributed by atoms with van der Waals surface area (Å²) in [6, 6.07) is 0.390. The van der Waals surface area contributed by atoms with Crippen LogP contribution < -0.4 is 10.6 Å². The Kier molecular flexibility index (Phi) is 8.89. The number of hydrogen-bond donors (Lipinski definition) is 2. The van der Waals surface area contributed by atoms with Crippen LogP contribution in [-0.4, -0.2) is 63.3 Å². The number of rotatable bonds is 3. The Morgan fingerprint density at radius 3 is 2.76 bits per heavy atom. The maximum Gasteiger partial charge on any atom is 0.191 e. The average Bonchev–Trinajstić information content (AvgIpc) is 2.24. The van der Waals surface area contributed by atoms with E-state index in [0.717, 1.165) is 32.2 Å². The number of nitrogens with one attached hydrogen (secondary N) is 2. The molecule has 1 rings (SSSR count). The van der Waals surface area contributed by atoms with Crippen molar-refractivity contribution in [2.24, 2.45) is 4.99 Å². The summed E-state index contributed by atoms with van der Waals surface area (Å²) in [6.45, 7) is 7.81. The third kappa shape index (κ3) is 7.05. The first-order valence-electron chi connectivity index (χ1n) is 5.89. The lowest BCUT2D eigenvalue weighted by Crippen LogP contribution is -2.49. The van der Waals surface area contributed by atoms with Gasteiger partial charge in [-0.05, 0) is 20.9 Å². The van der Waals surface area contributed by atoms with Crippen molar-refractivity contribution in [3.63, 3.8) is 0 Å². The maximum absolute atomic E-state index is 5.66. The summed E-state index contributed by atoms with van der Waals surface area (Å²) in [5.74, 6) is 0.840. The maximum atomic E-state index is 5.66. The Bertz CT molecular complexity index is 236. The quantitative estimate of drug-likeness (QED) is 0.440. The minimum atomic E-state index is 0. The third-order valence-corrected chi connectivity index (χ3v) is 2.49. The second-order valence-electron chi connectivity index (χ2n) is 4.51. The molecule has 0 spiro atoms. The molecule has 0 aliphatic carbocycles. The number of aliphatic imine (C=N–C) groups is 1. The molecule has 0 radical (unpaired) electrons. The number of morpholine rings is 1. The molecule has 0 aromatic carbocycles. The fourth-order valence-corrected chi connectivity index (χ4v) is 1.67. The fraction of sp³-hybridized carbons (Fsp3) is 0.909. The Balaban J connectivity index is 0.00000256. The first-order chi connectivity index (χ1) is 7.61. The SMILES string of the molecule is CN=C(NCC1CN(C)CCO1)NC(C)C.I. The van der Waals surface area contributed by atoms with Gasteiger partial charge in [-0.2, -0.15) is 0 Å². The molecule has 5 nitrogen and oxygen atoms in total. The highest BCUT2D eigenvalue weighted by Crippen LogP contribution is 2.01. The number of hydrogen-bond acceptors (Lipinski definition) is 3. The van der Waals surface area contributed by atoms with Crippen LogP contribution in [0.2, 0.25) is 0 Å². The fourth-order valence-electron chi connectivity index (χ4n) is 1.67. The van der Waals surface area contributed by atoms with Crippen LogP contribution in [0.5, 0.6) is 0 Å². The summed E-state index contributed by atoms with van der Waals surface area (Å²) in [7, 11) is 3.91. The molecule has 1 saturated heterocycles. The van der Waals surface area contributed by atoms with Crippen molar-refractivity contribution in [2.75, 3.05) is 40.3 Å². The van der Waals surface area contributed by atoms with Gasteiger partial charge in [-0.25, -0.2) is 0 Å². The zero-order valence-electron chi connectivity index (χ0n) is 11.2. The lowest BCUT2D eigenvalue weighted by molar-refractivity contribution is -0.0161. The van der Waals surface area contributed by atoms with Crippen molar-refractivity contribution in [1.29, 1.82) is 0 Å². The molecule has 1 atom stereocenters. The van der Waals surface area contributed by atoms with Crippen molar-refractivity contribution in [1.82, 2.24) is 15.5 Å². The molecule has 17 heavy (non-hydrogen) atoms. The molecule has 0 aromatic rings. The smallest absolute Gasteiger partial charge is 0.191 e. The highest BCUT2D eigenvalue weighted by atomic mass is 127. The Labute approximate surface area is 121 Å². The van der Waals surface area contributed by atoms with E-state index in [1.165, 1.54) is 0 Å². The zero-order valence-corrected chi connectivity index (χ0v) is 13.5. The standard InChI is InChI=1S/C11H24N4O.HI/c1-9(2)14-11(12-3)13-7-10-8-15(4)5-6-16-10;/h9-10H,5-8H2,1-4H3,(H2,12,13,14);1H. The van der Waals surface area contributed by atoms with E-state index in [2.05, 4.69) is 41.4 Å². The molecular formula is C11H25IN4O.